The molecule has 5 heteroatoms. The van der Waals surface area contributed by atoms with Gasteiger partial charge in [-0.05, 0) is 19.1 Å². The largest absolute Gasteiger partial charge is 0.370 e. The molecule has 2 aromatic rings. The van der Waals surface area contributed by atoms with Crippen molar-refractivity contribution in [2.45, 2.75) is 6.92 Å². The maximum atomic E-state index is 10.6. The van der Waals surface area contributed by atoms with Crippen LogP contribution < -0.4 is 21.2 Å². The van der Waals surface area contributed by atoms with Crippen molar-refractivity contribution in [2.24, 2.45) is 0 Å². The smallest absolute Gasteiger partial charge is 0.258 e. The van der Waals surface area contributed by atoms with Gasteiger partial charge in [-0.1, -0.05) is 17.4 Å². The number of aryl methyl sites for hydroxylation is 1. The van der Waals surface area contributed by atoms with E-state index >= 15 is 0 Å². The van der Waals surface area contributed by atoms with Crippen molar-refractivity contribution in [3.8, 4) is 0 Å². The lowest BCUT2D eigenvalue weighted by Crippen LogP contribution is -3.61. The molecule has 0 fully saturated rings. The number of rotatable bonds is 3. The van der Waals surface area contributed by atoms with Gasteiger partial charge in [-0.15, -0.1) is 0 Å². The number of benzene rings is 1. The Hall–Kier alpha value is -0.950. The summed E-state index contributed by atoms with van der Waals surface area (Å²) in [5.41, 5.74) is 0.186. The molecule has 0 aliphatic carbocycles. The van der Waals surface area contributed by atoms with E-state index in [4.69, 9.17) is 0 Å². The minimum absolute atomic E-state index is 0.186. The third-order valence-corrected chi connectivity index (χ3v) is 6.08. The number of nitro groups is 1. The third kappa shape index (κ3) is 2.79. The van der Waals surface area contributed by atoms with E-state index in [0.717, 1.165) is 3.57 Å². The summed E-state index contributed by atoms with van der Waals surface area (Å²) in [4.78, 5) is 11.6. The van der Waals surface area contributed by atoms with Crippen molar-refractivity contribution in [3.63, 3.8) is 0 Å². The first kappa shape index (κ1) is 11.5. The number of hydrogen-bond donors (Lipinski definition) is 0. The van der Waals surface area contributed by atoms with Crippen LogP contribution >= 0.6 is 11.3 Å². The molecule has 2 rings (SSSR count). The molecule has 16 heavy (non-hydrogen) atoms. The molecular weight excluding hydrogens is 337 g/mol. The number of non-ortho nitro benzene ring substituents is 1. The van der Waals surface area contributed by atoms with Crippen LogP contribution in [0.3, 0.4) is 0 Å². The summed E-state index contributed by atoms with van der Waals surface area (Å²) in [6.45, 7) is 2.07. The van der Waals surface area contributed by atoms with Crippen LogP contribution in [0, 0.1) is 23.5 Å². The van der Waals surface area contributed by atoms with Crippen LogP contribution in [0.25, 0.3) is 0 Å². The summed E-state index contributed by atoms with van der Waals surface area (Å²) in [5, 5.41) is 10.6. The van der Waals surface area contributed by atoms with Crippen molar-refractivity contribution in [1.82, 2.24) is 0 Å². The van der Waals surface area contributed by atoms with Gasteiger partial charge in [0.25, 0.3) is 5.69 Å². The predicted octanol–water partition coefficient (Wildman–Crippen LogP) is 0.0931. The van der Waals surface area contributed by atoms with Crippen LogP contribution in [-0.2, 0) is 0 Å². The Bertz CT molecular complexity index is 524. The molecule has 82 valence electrons. The van der Waals surface area contributed by atoms with Gasteiger partial charge in [0.2, 0.25) is 6.45 Å². The molecule has 0 radical (unpaired) electrons. The second-order valence-electron chi connectivity index (χ2n) is 3.18. The minimum Gasteiger partial charge on any atom is -0.258 e. The maximum Gasteiger partial charge on any atom is 0.370 e. The average Bonchev–Trinajstić information content (AvgIpc) is 2.64. The van der Waals surface area contributed by atoms with Gasteiger partial charge in [-0.2, -0.15) is 0 Å². The van der Waals surface area contributed by atoms with Crippen molar-refractivity contribution >= 4 is 17.0 Å². The van der Waals surface area contributed by atoms with Crippen LogP contribution in [0.1, 0.15) is 4.88 Å². The highest BCUT2D eigenvalue weighted by molar-refractivity contribution is 7.09. The van der Waals surface area contributed by atoms with Gasteiger partial charge in [-0.25, -0.2) is 0 Å². The molecule has 3 nitrogen and oxygen atoms in total. The highest BCUT2D eigenvalue weighted by Crippen LogP contribution is 2.08. The summed E-state index contributed by atoms with van der Waals surface area (Å²) in [6, 6.07) is 11.2. The van der Waals surface area contributed by atoms with Crippen LogP contribution in [0.2, 0.25) is 0 Å². The SMILES string of the molecule is Cc1ccc([I+]c2cccc([N+](=O)[O-])c2)s1. The van der Waals surface area contributed by atoms with E-state index < -0.39 is 0 Å². The number of halogens is 1. The Morgan fingerprint density at radius 2 is 2.12 bits per heavy atom. The highest BCUT2D eigenvalue weighted by Gasteiger charge is 2.20. The van der Waals surface area contributed by atoms with Crippen LogP contribution in [0.15, 0.2) is 36.4 Å². The standard InChI is InChI=1S/C11H9INO2S/c1-8-5-6-11(16-8)12-9-3-2-4-10(7-9)13(14)15/h2-7H,1H3/q+1. The van der Waals surface area contributed by atoms with E-state index in [0.29, 0.717) is 0 Å². The van der Waals surface area contributed by atoms with Gasteiger partial charge in [0.1, 0.15) is 0 Å². The van der Waals surface area contributed by atoms with E-state index in [2.05, 4.69) is 19.1 Å². The Morgan fingerprint density at radius 3 is 2.75 bits per heavy atom. The fraction of sp³-hybridized carbons (Fsp3) is 0.0909. The van der Waals surface area contributed by atoms with Crippen molar-refractivity contribution in [2.75, 3.05) is 0 Å². The van der Waals surface area contributed by atoms with Crippen LogP contribution in [0.5, 0.6) is 0 Å². The van der Waals surface area contributed by atoms with E-state index in [-0.39, 0.29) is 31.8 Å². The van der Waals surface area contributed by atoms with Gasteiger partial charge < -0.3 is 0 Å². The zero-order chi connectivity index (χ0) is 11.5. The van der Waals surface area contributed by atoms with Crippen molar-refractivity contribution < 1.29 is 26.1 Å². The van der Waals surface area contributed by atoms with Crippen molar-refractivity contribution in [1.29, 1.82) is 0 Å². The van der Waals surface area contributed by atoms with E-state index in [1.807, 2.05) is 6.07 Å². The fourth-order valence-corrected chi connectivity index (χ4v) is 5.64. The predicted molar refractivity (Wildman–Crippen MR) is 59.5 cm³/mol. The first-order valence-electron chi connectivity index (χ1n) is 4.61. The zero-order valence-electron chi connectivity index (χ0n) is 8.51. The molecule has 0 aliphatic rings. The van der Waals surface area contributed by atoms with Gasteiger partial charge >= 0.3 is 21.2 Å². The van der Waals surface area contributed by atoms with Crippen molar-refractivity contribution in [3.05, 3.63) is 57.8 Å². The summed E-state index contributed by atoms with van der Waals surface area (Å²) in [7, 11) is 0. The molecule has 0 N–H and O–H groups in total. The molecule has 1 aromatic carbocycles. The lowest BCUT2D eigenvalue weighted by molar-refractivity contribution is -0.591. The number of thiophene rings is 1. The summed E-state index contributed by atoms with van der Waals surface area (Å²) in [5.74, 6) is 0. The van der Waals surface area contributed by atoms with Gasteiger partial charge in [0.15, 0.2) is 0 Å². The molecule has 0 saturated carbocycles. The Kier molecular flexibility index (Phi) is 3.55. The number of hydrogen-bond acceptors (Lipinski definition) is 3. The first-order valence-corrected chi connectivity index (χ1v) is 7.58. The number of nitrogens with zero attached hydrogens (tertiary/aromatic N) is 1. The molecule has 1 aromatic heterocycles. The number of nitro benzene ring substituents is 1. The molecule has 0 saturated heterocycles. The molecular formula is C11H9INO2S+. The van der Waals surface area contributed by atoms with E-state index in [9.17, 15) is 10.1 Å². The van der Waals surface area contributed by atoms with Gasteiger partial charge in [-0.3, -0.25) is 10.1 Å². The van der Waals surface area contributed by atoms with E-state index in [1.165, 1.54) is 13.8 Å². The molecule has 1 heterocycles. The Morgan fingerprint density at radius 1 is 1.31 bits per heavy atom. The molecule has 0 amide bonds. The van der Waals surface area contributed by atoms with Gasteiger partial charge in [0.05, 0.1) is 11.0 Å². The summed E-state index contributed by atoms with van der Waals surface area (Å²) in [6.07, 6.45) is 0. The lowest BCUT2D eigenvalue weighted by Gasteiger charge is -1.88. The normalized spacial score (nSPS) is 10.3. The first-order chi connectivity index (χ1) is 7.65. The lowest BCUT2D eigenvalue weighted by atomic mass is 10.3. The zero-order valence-corrected chi connectivity index (χ0v) is 11.5. The second kappa shape index (κ2) is 4.92. The average molecular weight is 346 g/mol. The molecule has 0 atom stereocenters. The fourth-order valence-electron chi connectivity index (χ4n) is 1.21. The minimum atomic E-state index is -0.340. The van der Waals surface area contributed by atoms with Crippen LogP contribution in [-0.4, -0.2) is 4.92 Å². The summed E-state index contributed by atoms with van der Waals surface area (Å²) < 4.78 is 2.44. The molecule has 0 unspecified atom stereocenters. The molecule has 0 aliphatic heterocycles. The van der Waals surface area contributed by atoms with Crippen LogP contribution in [0.4, 0.5) is 5.69 Å². The molecule has 0 spiro atoms. The van der Waals surface area contributed by atoms with E-state index in [1.54, 1.807) is 23.5 Å². The Balaban J connectivity index is 2.21. The van der Waals surface area contributed by atoms with Gasteiger partial charge in [0, 0.05) is 17.0 Å². The highest BCUT2D eigenvalue weighted by atomic mass is 127. The quantitative estimate of drug-likeness (QED) is 0.449. The molecule has 0 bridgehead atoms. The monoisotopic (exact) mass is 346 g/mol. The third-order valence-electron chi connectivity index (χ3n) is 1.93. The topological polar surface area (TPSA) is 43.1 Å². The maximum absolute atomic E-state index is 10.6. The Labute approximate surface area is 108 Å². The summed E-state index contributed by atoms with van der Waals surface area (Å²) >= 11 is 1.50. The second-order valence-corrected chi connectivity index (χ2v) is 8.15.